The van der Waals surface area contributed by atoms with Gasteiger partial charge in [-0.3, -0.25) is 9.36 Å². The van der Waals surface area contributed by atoms with Crippen molar-refractivity contribution in [2.45, 2.75) is 18.4 Å². The fourth-order valence-corrected chi connectivity index (χ4v) is 1.85. The van der Waals surface area contributed by atoms with Crippen molar-refractivity contribution < 1.29 is 4.79 Å². The first-order valence-corrected chi connectivity index (χ1v) is 6.05. The summed E-state index contributed by atoms with van der Waals surface area (Å²) >= 11 is 0. The summed E-state index contributed by atoms with van der Waals surface area (Å²) in [5.41, 5.74) is 6.33. The second kappa shape index (κ2) is 4.10. The maximum absolute atomic E-state index is 11.8. The second-order valence-electron chi connectivity index (χ2n) is 4.79. The normalized spacial score (nSPS) is 16.1. The number of anilines is 1. The van der Waals surface area contributed by atoms with Crippen molar-refractivity contribution in [2.75, 3.05) is 5.32 Å². The van der Waals surface area contributed by atoms with Crippen LogP contribution in [0.1, 0.15) is 12.8 Å². The molecule has 0 radical (unpaired) electrons. The van der Waals surface area contributed by atoms with Gasteiger partial charge in [0.05, 0.1) is 11.2 Å². The first kappa shape index (κ1) is 11.7. The van der Waals surface area contributed by atoms with Crippen molar-refractivity contribution in [1.29, 1.82) is 0 Å². The highest BCUT2D eigenvalue weighted by molar-refractivity contribution is 6.00. The number of hydrogen-bond acceptors (Lipinski definition) is 3. The summed E-state index contributed by atoms with van der Waals surface area (Å²) < 4.78 is 1.48. The van der Waals surface area contributed by atoms with Crippen LogP contribution in [-0.2, 0) is 4.79 Å². The van der Waals surface area contributed by atoms with Crippen LogP contribution in [0, 0.1) is 0 Å². The predicted molar refractivity (Wildman–Crippen MR) is 71.2 cm³/mol. The van der Waals surface area contributed by atoms with Crippen molar-refractivity contribution in [1.82, 2.24) is 9.55 Å². The van der Waals surface area contributed by atoms with Crippen LogP contribution in [0.2, 0.25) is 0 Å². The van der Waals surface area contributed by atoms with Gasteiger partial charge in [0.25, 0.3) is 0 Å². The Bertz CT molecular complexity index is 664. The van der Waals surface area contributed by atoms with E-state index in [1.54, 1.807) is 36.7 Å². The number of carbonyl (C=O) groups excluding carboxylic acids is 1. The summed E-state index contributed by atoms with van der Waals surface area (Å²) in [6.45, 7) is 0. The van der Waals surface area contributed by atoms with Gasteiger partial charge in [-0.1, -0.05) is 0 Å². The summed E-state index contributed by atoms with van der Waals surface area (Å²) in [6.07, 6.45) is 4.68. The van der Waals surface area contributed by atoms with Crippen molar-refractivity contribution in [3.05, 3.63) is 47.1 Å². The number of rotatable bonds is 3. The summed E-state index contributed by atoms with van der Waals surface area (Å²) in [7, 11) is 0. The number of aromatic amines is 1. The molecule has 1 aliphatic carbocycles. The zero-order valence-corrected chi connectivity index (χ0v) is 10.2. The van der Waals surface area contributed by atoms with Crippen LogP contribution in [-0.4, -0.2) is 21.0 Å². The monoisotopic (exact) mass is 258 g/mol. The van der Waals surface area contributed by atoms with E-state index in [1.807, 2.05) is 0 Å². The highest BCUT2D eigenvalue weighted by Crippen LogP contribution is 2.33. The highest BCUT2D eigenvalue weighted by Gasteiger charge is 2.45. The molecule has 1 amide bonds. The number of nitrogens with one attached hydrogen (secondary N) is 2. The molecular weight excluding hydrogens is 244 g/mol. The van der Waals surface area contributed by atoms with Gasteiger partial charge in [0.2, 0.25) is 5.91 Å². The fraction of sp³-hybridized carbons (Fsp3) is 0.231. The molecular formula is C13H14N4O2. The average Bonchev–Trinajstić information content (AvgIpc) is 3.01. The van der Waals surface area contributed by atoms with Crippen molar-refractivity contribution in [3.63, 3.8) is 0 Å². The smallest absolute Gasteiger partial charge is 0.324 e. The van der Waals surface area contributed by atoms with Gasteiger partial charge >= 0.3 is 5.69 Å². The molecule has 6 heteroatoms. The molecule has 6 nitrogen and oxygen atoms in total. The summed E-state index contributed by atoms with van der Waals surface area (Å²) in [5, 5.41) is 2.77. The molecule has 3 rings (SSSR count). The maximum Gasteiger partial charge on any atom is 0.330 e. The molecule has 0 unspecified atom stereocenters. The number of hydrogen-bond donors (Lipinski definition) is 3. The Balaban J connectivity index is 1.78. The van der Waals surface area contributed by atoms with Crippen molar-refractivity contribution in [2.24, 2.45) is 5.73 Å². The highest BCUT2D eigenvalue weighted by atomic mass is 16.2. The van der Waals surface area contributed by atoms with Crippen LogP contribution in [0.3, 0.4) is 0 Å². The van der Waals surface area contributed by atoms with Gasteiger partial charge in [-0.25, -0.2) is 4.79 Å². The van der Waals surface area contributed by atoms with E-state index in [0.717, 1.165) is 18.5 Å². The maximum atomic E-state index is 11.8. The lowest BCUT2D eigenvalue weighted by atomic mass is 10.2. The van der Waals surface area contributed by atoms with Gasteiger partial charge in [-0.05, 0) is 37.1 Å². The topological polar surface area (TPSA) is 92.9 Å². The Labute approximate surface area is 109 Å². The van der Waals surface area contributed by atoms with Crippen molar-refractivity contribution in [3.8, 4) is 5.69 Å². The van der Waals surface area contributed by atoms with Gasteiger partial charge < -0.3 is 16.0 Å². The van der Waals surface area contributed by atoms with Gasteiger partial charge in [-0.2, -0.15) is 0 Å². The van der Waals surface area contributed by atoms with Crippen LogP contribution in [0.5, 0.6) is 0 Å². The lowest BCUT2D eigenvalue weighted by Crippen LogP contribution is -2.37. The van der Waals surface area contributed by atoms with E-state index in [4.69, 9.17) is 5.73 Å². The minimum Gasteiger partial charge on any atom is -0.324 e. The van der Waals surface area contributed by atoms with Crippen LogP contribution in [0.4, 0.5) is 5.69 Å². The Kier molecular flexibility index (Phi) is 2.53. The van der Waals surface area contributed by atoms with E-state index in [0.29, 0.717) is 5.69 Å². The molecule has 0 atom stereocenters. The number of amides is 1. The van der Waals surface area contributed by atoms with Gasteiger partial charge in [0.15, 0.2) is 0 Å². The Morgan fingerprint density at radius 3 is 2.53 bits per heavy atom. The molecule has 1 fully saturated rings. The van der Waals surface area contributed by atoms with Gasteiger partial charge in [0, 0.05) is 18.1 Å². The minimum atomic E-state index is -0.684. The molecule has 0 spiro atoms. The third-order valence-electron chi connectivity index (χ3n) is 3.29. The molecule has 1 aromatic carbocycles. The SMILES string of the molecule is NC1(C(=O)Nc2ccc(-n3cc[nH]c3=O)cc2)CC1. The standard InChI is InChI=1S/C13H14N4O2/c14-13(5-6-13)11(18)16-9-1-3-10(4-2-9)17-8-7-15-12(17)19/h1-4,7-8H,5-6,14H2,(H,15,19)(H,16,18). The number of imidazole rings is 1. The van der Waals surface area contributed by atoms with Crippen molar-refractivity contribution >= 4 is 11.6 Å². The lowest BCUT2D eigenvalue weighted by molar-refractivity contribution is -0.118. The van der Waals surface area contributed by atoms with E-state index >= 15 is 0 Å². The number of H-pyrrole nitrogens is 1. The van der Waals surface area contributed by atoms with E-state index in [2.05, 4.69) is 10.3 Å². The Morgan fingerprint density at radius 1 is 1.32 bits per heavy atom. The molecule has 4 N–H and O–H groups in total. The third-order valence-corrected chi connectivity index (χ3v) is 3.29. The Hall–Kier alpha value is -2.34. The first-order valence-electron chi connectivity index (χ1n) is 6.05. The summed E-state index contributed by atoms with van der Waals surface area (Å²) in [6, 6.07) is 7.03. The molecule has 1 saturated carbocycles. The lowest BCUT2D eigenvalue weighted by Gasteiger charge is -2.10. The number of nitrogens with zero attached hydrogens (tertiary/aromatic N) is 1. The van der Waals surface area contributed by atoms with E-state index < -0.39 is 5.54 Å². The molecule has 0 bridgehead atoms. The number of carbonyl (C=O) groups is 1. The molecule has 0 aliphatic heterocycles. The van der Waals surface area contributed by atoms with E-state index in [9.17, 15) is 9.59 Å². The summed E-state index contributed by atoms with van der Waals surface area (Å²) in [5.74, 6) is -0.154. The second-order valence-corrected chi connectivity index (χ2v) is 4.79. The van der Waals surface area contributed by atoms with Gasteiger partial charge in [0.1, 0.15) is 0 Å². The molecule has 98 valence electrons. The quantitative estimate of drug-likeness (QED) is 0.752. The molecule has 1 heterocycles. The largest absolute Gasteiger partial charge is 0.330 e. The third kappa shape index (κ3) is 2.17. The van der Waals surface area contributed by atoms with Crippen LogP contribution in [0.25, 0.3) is 5.69 Å². The molecule has 1 aliphatic rings. The predicted octanol–water partition coefficient (Wildman–Crippen LogP) is 0.595. The summed E-state index contributed by atoms with van der Waals surface area (Å²) in [4.78, 5) is 25.8. The number of nitrogens with two attached hydrogens (primary N) is 1. The first-order chi connectivity index (χ1) is 9.08. The molecule has 2 aromatic rings. The minimum absolute atomic E-state index is 0.154. The number of aromatic nitrogens is 2. The van der Waals surface area contributed by atoms with E-state index in [1.165, 1.54) is 4.57 Å². The zero-order chi connectivity index (χ0) is 13.5. The zero-order valence-electron chi connectivity index (χ0n) is 10.2. The van der Waals surface area contributed by atoms with Gasteiger partial charge in [-0.15, -0.1) is 0 Å². The molecule has 1 aromatic heterocycles. The van der Waals surface area contributed by atoms with E-state index in [-0.39, 0.29) is 11.6 Å². The molecule has 19 heavy (non-hydrogen) atoms. The average molecular weight is 258 g/mol. The Morgan fingerprint density at radius 2 is 2.00 bits per heavy atom. The fourth-order valence-electron chi connectivity index (χ4n) is 1.85. The van der Waals surface area contributed by atoms with Crippen LogP contribution < -0.4 is 16.7 Å². The van der Waals surface area contributed by atoms with Crippen LogP contribution in [0.15, 0.2) is 41.5 Å². The number of benzene rings is 1. The van der Waals surface area contributed by atoms with Crippen LogP contribution >= 0.6 is 0 Å². The molecule has 0 saturated heterocycles.